The zero-order valence-electron chi connectivity index (χ0n) is 12.9. The lowest BCUT2D eigenvalue weighted by Gasteiger charge is -2.28. The molecule has 0 saturated heterocycles. The zero-order valence-corrected chi connectivity index (χ0v) is 12.9. The molecule has 4 N–H and O–H groups in total. The van der Waals surface area contributed by atoms with Gasteiger partial charge in [-0.05, 0) is 52.0 Å². The molecule has 6 nitrogen and oxygen atoms in total. The highest BCUT2D eigenvalue weighted by Crippen LogP contribution is 2.39. The summed E-state index contributed by atoms with van der Waals surface area (Å²) in [7, 11) is 0. The number of aromatic nitrogens is 2. The molecule has 0 aromatic carbocycles. The Hall–Kier alpha value is -1.53. The maximum absolute atomic E-state index is 12.3. The van der Waals surface area contributed by atoms with Gasteiger partial charge in [0.1, 0.15) is 17.0 Å². The Bertz CT molecular complexity index is 500. The van der Waals surface area contributed by atoms with Crippen LogP contribution in [-0.2, 0) is 9.53 Å². The molecule has 1 unspecified atom stereocenters. The maximum atomic E-state index is 12.3. The van der Waals surface area contributed by atoms with Gasteiger partial charge in [0.2, 0.25) is 0 Å². The molecule has 0 radical (unpaired) electrons. The normalized spacial score (nSPS) is 27.4. The van der Waals surface area contributed by atoms with Crippen molar-refractivity contribution >= 4 is 5.97 Å². The van der Waals surface area contributed by atoms with Crippen molar-refractivity contribution in [1.82, 2.24) is 9.97 Å². The van der Waals surface area contributed by atoms with E-state index in [9.17, 15) is 4.79 Å². The van der Waals surface area contributed by atoms with E-state index < -0.39 is 11.1 Å². The molecule has 0 spiro atoms. The molecule has 1 aromatic rings. The summed E-state index contributed by atoms with van der Waals surface area (Å²) in [4.78, 5) is 20.6. The quantitative estimate of drug-likeness (QED) is 0.814. The Labute approximate surface area is 125 Å². The number of hydrogen-bond donors (Lipinski definition) is 2. The lowest BCUT2D eigenvalue weighted by atomic mass is 9.93. The van der Waals surface area contributed by atoms with E-state index in [1.165, 1.54) is 0 Å². The first-order valence-corrected chi connectivity index (χ1v) is 7.26. The molecular weight excluding hydrogens is 268 g/mol. The van der Waals surface area contributed by atoms with Crippen molar-refractivity contribution in [1.29, 1.82) is 0 Å². The van der Waals surface area contributed by atoms with E-state index >= 15 is 0 Å². The van der Waals surface area contributed by atoms with Gasteiger partial charge in [-0.2, -0.15) is 0 Å². The summed E-state index contributed by atoms with van der Waals surface area (Å²) in [5.41, 5.74) is 11.0. The first kappa shape index (κ1) is 15.9. The summed E-state index contributed by atoms with van der Waals surface area (Å²) in [5.74, 6) is 0.333. The third-order valence-corrected chi connectivity index (χ3v) is 3.78. The van der Waals surface area contributed by atoms with Crippen molar-refractivity contribution in [3.05, 3.63) is 24.3 Å². The first-order valence-electron chi connectivity index (χ1n) is 7.26. The molecule has 1 aliphatic carbocycles. The molecule has 1 aliphatic rings. The Balaban J connectivity index is 2.04. The largest absolute Gasteiger partial charge is 0.459 e. The second kappa shape index (κ2) is 5.69. The van der Waals surface area contributed by atoms with Gasteiger partial charge in [0, 0.05) is 12.4 Å². The third kappa shape index (κ3) is 3.77. The van der Waals surface area contributed by atoms with Crippen molar-refractivity contribution < 1.29 is 9.53 Å². The van der Waals surface area contributed by atoms with Crippen LogP contribution < -0.4 is 11.5 Å². The van der Waals surface area contributed by atoms with Crippen LogP contribution in [0.4, 0.5) is 0 Å². The molecule has 21 heavy (non-hydrogen) atoms. The Morgan fingerprint density at radius 3 is 2.62 bits per heavy atom. The molecule has 3 atom stereocenters. The summed E-state index contributed by atoms with van der Waals surface area (Å²) in [6.45, 7) is 5.51. The fraction of sp³-hybridized carbons (Fsp3) is 0.667. The Morgan fingerprint density at radius 1 is 1.43 bits per heavy atom. The third-order valence-electron chi connectivity index (χ3n) is 3.78. The second-order valence-corrected chi connectivity index (χ2v) is 6.79. The summed E-state index contributed by atoms with van der Waals surface area (Å²) in [6.07, 6.45) is 5.19. The molecule has 6 heteroatoms. The van der Waals surface area contributed by atoms with E-state index in [4.69, 9.17) is 16.2 Å². The zero-order chi connectivity index (χ0) is 15.7. The highest BCUT2D eigenvalue weighted by Gasteiger charge is 2.46. The van der Waals surface area contributed by atoms with Gasteiger partial charge in [-0.1, -0.05) is 0 Å². The SMILES string of the molecule is CC(C)(C)OC(=O)[C@]1(N)CC[C@@H](C(N)c2ncccn2)C1. The fourth-order valence-electron chi connectivity index (χ4n) is 2.68. The van der Waals surface area contributed by atoms with Gasteiger partial charge in [0.05, 0.1) is 6.04 Å². The summed E-state index contributed by atoms with van der Waals surface area (Å²) in [6, 6.07) is 1.44. The number of ether oxygens (including phenoxy) is 1. The van der Waals surface area contributed by atoms with Crippen LogP contribution in [0.15, 0.2) is 18.5 Å². The van der Waals surface area contributed by atoms with Crippen LogP contribution in [0, 0.1) is 5.92 Å². The second-order valence-electron chi connectivity index (χ2n) is 6.79. The predicted octanol–water partition coefficient (Wildman–Crippen LogP) is 1.32. The summed E-state index contributed by atoms with van der Waals surface area (Å²) < 4.78 is 5.42. The Morgan fingerprint density at radius 2 is 2.05 bits per heavy atom. The van der Waals surface area contributed by atoms with Gasteiger partial charge in [-0.25, -0.2) is 9.97 Å². The van der Waals surface area contributed by atoms with Crippen molar-refractivity contribution in [2.75, 3.05) is 0 Å². The van der Waals surface area contributed by atoms with Crippen LogP contribution >= 0.6 is 0 Å². The number of carbonyl (C=O) groups is 1. The molecule has 1 heterocycles. The first-order chi connectivity index (χ1) is 9.71. The number of nitrogens with two attached hydrogens (primary N) is 2. The molecule has 1 fully saturated rings. The molecule has 1 saturated carbocycles. The molecular formula is C15H24N4O2. The Kier molecular flexibility index (Phi) is 4.30. The maximum Gasteiger partial charge on any atom is 0.326 e. The van der Waals surface area contributed by atoms with Crippen LogP contribution in [0.5, 0.6) is 0 Å². The predicted molar refractivity (Wildman–Crippen MR) is 79.1 cm³/mol. The smallest absolute Gasteiger partial charge is 0.326 e. The van der Waals surface area contributed by atoms with E-state index in [1.54, 1.807) is 18.5 Å². The average Bonchev–Trinajstić information content (AvgIpc) is 2.81. The van der Waals surface area contributed by atoms with E-state index in [0.717, 1.165) is 6.42 Å². The number of rotatable bonds is 3. The van der Waals surface area contributed by atoms with Crippen LogP contribution in [0.2, 0.25) is 0 Å². The monoisotopic (exact) mass is 292 g/mol. The van der Waals surface area contributed by atoms with Gasteiger partial charge in [0.25, 0.3) is 0 Å². The molecule has 0 bridgehead atoms. The summed E-state index contributed by atoms with van der Waals surface area (Å²) >= 11 is 0. The van der Waals surface area contributed by atoms with Crippen molar-refractivity contribution in [3.8, 4) is 0 Å². The van der Waals surface area contributed by atoms with Crippen LogP contribution in [0.3, 0.4) is 0 Å². The van der Waals surface area contributed by atoms with Gasteiger partial charge >= 0.3 is 5.97 Å². The molecule has 1 aromatic heterocycles. The van der Waals surface area contributed by atoms with E-state index in [1.807, 2.05) is 20.8 Å². The van der Waals surface area contributed by atoms with Gasteiger partial charge in [-0.3, -0.25) is 4.79 Å². The van der Waals surface area contributed by atoms with Crippen LogP contribution in [0.25, 0.3) is 0 Å². The molecule has 0 aliphatic heterocycles. The molecule has 116 valence electrons. The van der Waals surface area contributed by atoms with Crippen LogP contribution in [-0.4, -0.2) is 27.1 Å². The highest BCUT2D eigenvalue weighted by molar-refractivity contribution is 5.81. The minimum Gasteiger partial charge on any atom is -0.459 e. The minimum atomic E-state index is -0.954. The van der Waals surface area contributed by atoms with Crippen molar-refractivity contribution in [3.63, 3.8) is 0 Å². The highest BCUT2D eigenvalue weighted by atomic mass is 16.6. The number of carbonyl (C=O) groups excluding carboxylic acids is 1. The fourth-order valence-corrected chi connectivity index (χ4v) is 2.68. The summed E-state index contributed by atoms with van der Waals surface area (Å²) in [5, 5.41) is 0. The molecule has 2 rings (SSSR count). The average molecular weight is 292 g/mol. The minimum absolute atomic E-state index is 0.0879. The van der Waals surface area contributed by atoms with Crippen molar-refractivity contribution in [2.45, 2.75) is 57.2 Å². The van der Waals surface area contributed by atoms with Gasteiger partial charge in [0.15, 0.2) is 0 Å². The number of hydrogen-bond acceptors (Lipinski definition) is 6. The van der Waals surface area contributed by atoms with Gasteiger partial charge < -0.3 is 16.2 Å². The van der Waals surface area contributed by atoms with Gasteiger partial charge in [-0.15, -0.1) is 0 Å². The van der Waals surface area contributed by atoms with Crippen molar-refractivity contribution in [2.24, 2.45) is 17.4 Å². The van der Waals surface area contributed by atoms with E-state index in [-0.39, 0.29) is 17.9 Å². The van der Waals surface area contributed by atoms with Crippen LogP contribution in [0.1, 0.15) is 51.9 Å². The molecule has 0 amide bonds. The number of nitrogens with zero attached hydrogens (tertiary/aromatic N) is 2. The number of esters is 1. The standard InChI is InChI=1S/C15H24N4O2/c1-14(2,3)21-13(20)15(17)6-5-10(9-15)11(16)12-18-7-4-8-19-12/h4,7-8,10-11H,5-6,9,16-17H2,1-3H3/t10-,11?,15+/m1/s1. The lowest BCUT2D eigenvalue weighted by Crippen LogP contribution is -2.49. The van der Waals surface area contributed by atoms with E-state index in [0.29, 0.717) is 18.7 Å². The lowest BCUT2D eigenvalue weighted by molar-refractivity contribution is -0.161. The van der Waals surface area contributed by atoms with E-state index in [2.05, 4.69) is 9.97 Å². The topological polar surface area (TPSA) is 104 Å².